The number of hydroxylamine groups is 2. The predicted octanol–water partition coefficient (Wildman–Crippen LogP) is 0.565. The molecular weight excluding hydrogens is 364 g/mol. The van der Waals surface area contributed by atoms with Gasteiger partial charge in [0.05, 0.1) is 12.5 Å². The van der Waals surface area contributed by atoms with E-state index in [0.29, 0.717) is 42.6 Å². The number of carbonyl (C=O) groups excluding carboxylic acids is 3. The van der Waals surface area contributed by atoms with Gasteiger partial charge in [-0.05, 0) is 24.8 Å². The van der Waals surface area contributed by atoms with Crippen LogP contribution in [0, 0.1) is 11.8 Å². The molecule has 1 aliphatic carbocycles. The summed E-state index contributed by atoms with van der Waals surface area (Å²) in [6.07, 6.45) is 8.55. The van der Waals surface area contributed by atoms with Crippen LogP contribution in [0.3, 0.4) is 0 Å². The molecule has 152 valence electrons. The number of nitrogens with one attached hydrogen (secondary N) is 2. The molecule has 2 fully saturated rings. The molecule has 2 unspecified atom stereocenters. The third kappa shape index (κ3) is 5.02. The summed E-state index contributed by atoms with van der Waals surface area (Å²) in [4.78, 5) is 44.4. The Kier molecular flexibility index (Phi) is 6.88. The molecule has 2 heterocycles. The smallest absolute Gasteiger partial charge is 0.250 e. The first kappa shape index (κ1) is 20.2. The van der Waals surface area contributed by atoms with Gasteiger partial charge in [-0.2, -0.15) is 0 Å². The summed E-state index contributed by atoms with van der Waals surface area (Å²) >= 11 is 0. The first-order valence-electron chi connectivity index (χ1n) is 9.62. The summed E-state index contributed by atoms with van der Waals surface area (Å²) in [5, 5.41) is 14.2. The molecule has 1 aliphatic heterocycles. The number of hydrazine groups is 1. The normalized spacial score (nSPS) is 20.8. The van der Waals surface area contributed by atoms with Crippen molar-refractivity contribution >= 4 is 24.0 Å². The van der Waals surface area contributed by atoms with Gasteiger partial charge in [0.25, 0.3) is 0 Å². The molecule has 10 heteroatoms. The zero-order chi connectivity index (χ0) is 19.9. The van der Waals surface area contributed by atoms with Crippen LogP contribution in [0.4, 0.5) is 5.82 Å². The quantitative estimate of drug-likeness (QED) is 0.336. The van der Waals surface area contributed by atoms with Gasteiger partial charge in [0, 0.05) is 12.7 Å². The summed E-state index contributed by atoms with van der Waals surface area (Å²) < 4.78 is 0. The Morgan fingerprint density at radius 3 is 2.86 bits per heavy atom. The van der Waals surface area contributed by atoms with Crippen LogP contribution < -0.4 is 10.7 Å². The molecule has 3 amide bonds. The molecule has 1 aromatic rings. The maximum absolute atomic E-state index is 13.2. The minimum absolute atomic E-state index is 0.0860. The summed E-state index contributed by atoms with van der Waals surface area (Å²) in [5.74, 6) is -0.437. The van der Waals surface area contributed by atoms with Crippen LogP contribution in [0.2, 0.25) is 0 Å². The molecule has 28 heavy (non-hydrogen) atoms. The topological polar surface area (TPSA) is 128 Å². The van der Waals surface area contributed by atoms with E-state index in [-0.39, 0.29) is 18.4 Å². The summed E-state index contributed by atoms with van der Waals surface area (Å²) in [5.41, 5.74) is 2.97. The molecule has 1 aromatic heterocycles. The van der Waals surface area contributed by atoms with E-state index in [4.69, 9.17) is 0 Å². The van der Waals surface area contributed by atoms with Gasteiger partial charge < -0.3 is 5.32 Å². The predicted molar refractivity (Wildman–Crippen MR) is 98.5 cm³/mol. The SMILES string of the molecule is O=CN(O)CC(CC1CCCC1)C(=O)N1NCCC1C(=O)Nc1ccncn1. The number of nitrogens with zero attached hydrogens (tertiary/aromatic N) is 4. The average Bonchev–Trinajstić information content (AvgIpc) is 3.39. The van der Waals surface area contributed by atoms with Crippen LogP contribution >= 0.6 is 0 Å². The van der Waals surface area contributed by atoms with Crippen LogP contribution in [-0.2, 0) is 14.4 Å². The van der Waals surface area contributed by atoms with E-state index in [1.165, 1.54) is 17.5 Å². The van der Waals surface area contributed by atoms with E-state index in [1.54, 1.807) is 6.07 Å². The van der Waals surface area contributed by atoms with Crippen molar-refractivity contribution in [2.24, 2.45) is 11.8 Å². The number of carbonyl (C=O) groups is 3. The Morgan fingerprint density at radius 1 is 1.39 bits per heavy atom. The first-order valence-corrected chi connectivity index (χ1v) is 9.62. The highest BCUT2D eigenvalue weighted by Gasteiger charge is 2.39. The number of aromatic nitrogens is 2. The van der Waals surface area contributed by atoms with Gasteiger partial charge in [-0.3, -0.25) is 24.6 Å². The van der Waals surface area contributed by atoms with Crippen LogP contribution in [0.15, 0.2) is 18.6 Å². The number of hydrogen-bond acceptors (Lipinski definition) is 7. The lowest BCUT2D eigenvalue weighted by molar-refractivity contribution is -0.159. The van der Waals surface area contributed by atoms with Crippen molar-refractivity contribution in [2.75, 3.05) is 18.4 Å². The van der Waals surface area contributed by atoms with Crippen molar-refractivity contribution in [2.45, 2.75) is 44.6 Å². The number of amides is 3. The molecule has 0 bridgehead atoms. The maximum atomic E-state index is 13.2. The standard InChI is InChI=1S/C18H26N6O4/c25-12-23(28)10-14(9-13-3-1-2-4-13)18(27)24-15(5-8-21-24)17(26)22-16-6-7-19-11-20-16/h6-7,11-15,21,28H,1-5,8-10H2,(H,19,20,22,26). The van der Waals surface area contributed by atoms with E-state index in [9.17, 15) is 19.6 Å². The fourth-order valence-electron chi connectivity index (χ4n) is 3.98. The van der Waals surface area contributed by atoms with Gasteiger partial charge in [0.15, 0.2) is 0 Å². The van der Waals surface area contributed by atoms with Crippen molar-refractivity contribution < 1.29 is 19.6 Å². The molecule has 2 atom stereocenters. The van der Waals surface area contributed by atoms with Crippen LogP contribution in [-0.4, -0.2) is 62.6 Å². The summed E-state index contributed by atoms with van der Waals surface area (Å²) in [7, 11) is 0. The fourth-order valence-corrected chi connectivity index (χ4v) is 3.98. The van der Waals surface area contributed by atoms with Gasteiger partial charge >= 0.3 is 0 Å². The third-order valence-electron chi connectivity index (χ3n) is 5.36. The zero-order valence-electron chi connectivity index (χ0n) is 15.7. The molecule has 0 aromatic carbocycles. The van der Waals surface area contributed by atoms with E-state index < -0.39 is 12.0 Å². The largest absolute Gasteiger partial charge is 0.309 e. The average molecular weight is 390 g/mol. The van der Waals surface area contributed by atoms with Crippen molar-refractivity contribution in [1.29, 1.82) is 0 Å². The Morgan fingerprint density at radius 2 is 2.18 bits per heavy atom. The van der Waals surface area contributed by atoms with Gasteiger partial charge in [-0.15, -0.1) is 0 Å². The van der Waals surface area contributed by atoms with Crippen molar-refractivity contribution in [1.82, 2.24) is 25.5 Å². The molecule has 2 aliphatic rings. The Bertz CT molecular complexity index is 682. The number of rotatable bonds is 8. The molecular formula is C18H26N6O4. The van der Waals surface area contributed by atoms with Crippen LogP contribution in [0.1, 0.15) is 38.5 Å². The first-order chi connectivity index (χ1) is 13.6. The van der Waals surface area contributed by atoms with E-state index in [2.05, 4.69) is 20.7 Å². The molecule has 1 saturated carbocycles. The molecule has 10 nitrogen and oxygen atoms in total. The van der Waals surface area contributed by atoms with E-state index in [1.807, 2.05) is 0 Å². The Hall–Kier alpha value is -2.59. The highest BCUT2D eigenvalue weighted by molar-refractivity contribution is 5.97. The molecule has 0 spiro atoms. The lowest BCUT2D eigenvalue weighted by Crippen LogP contribution is -2.51. The molecule has 3 rings (SSSR count). The van der Waals surface area contributed by atoms with Gasteiger partial charge in [-0.25, -0.2) is 20.5 Å². The number of anilines is 1. The molecule has 3 N–H and O–H groups in total. The van der Waals surface area contributed by atoms with Crippen molar-refractivity contribution in [3.63, 3.8) is 0 Å². The van der Waals surface area contributed by atoms with Gasteiger partial charge in [-0.1, -0.05) is 25.7 Å². The Labute approximate surface area is 163 Å². The highest BCUT2D eigenvalue weighted by atomic mass is 16.5. The van der Waals surface area contributed by atoms with E-state index >= 15 is 0 Å². The second-order valence-electron chi connectivity index (χ2n) is 7.32. The van der Waals surface area contributed by atoms with E-state index in [0.717, 1.165) is 25.7 Å². The second kappa shape index (κ2) is 9.56. The van der Waals surface area contributed by atoms with Crippen LogP contribution in [0.5, 0.6) is 0 Å². The zero-order valence-corrected chi connectivity index (χ0v) is 15.7. The third-order valence-corrected chi connectivity index (χ3v) is 5.36. The van der Waals surface area contributed by atoms with Crippen molar-refractivity contribution in [3.05, 3.63) is 18.6 Å². The van der Waals surface area contributed by atoms with Gasteiger partial charge in [0.1, 0.15) is 18.2 Å². The lowest BCUT2D eigenvalue weighted by Gasteiger charge is -2.29. The highest BCUT2D eigenvalue weighted by Crippen LogP contribution is 2.31. The summed E-state index contributed by atoms with van der Waals surface area (Å²) in [6, 6.07) is 0.889. The number of hydrogen-bond donors (Lipinski definition) is 3. The monoisotopic (exact) mass is 390 g/mol. The lowest BCUT2D eigenvalue weighted by atomic mass is 9.92. The van der Waals surface area contributed by atoms with Crippen molar-refractivity contribution in [3.8, 4) is 0 Å². The molecule has 1 saturated heterocycles. The maximum Gasteiger partial charge on any atom is 0.250 e. The van der Waals surface area contributed by atoms with Gasteiger partial charge in [0.2, 0.25) is 18.2 Å². The summed E-state index contributed by atoms with van der Waals surface area (Å²) in [6.45, 7) is 0.400. The minimum Gasteiger partial charge on any atom is -0.309 e. The second-order valence-corrected chi connectivity index (χ2v) is 7.32. The minimum atomic E-state index is -0.683. The Balaban J connectivity index is 1.68. The molecule has 0 radical (unpaired) electrons. The van der Waals surface area contributed by atoms with Crippen LogP contribution in [0.25, 0.3) is 0 Å². The fraction of sp³-hybridized carbons (Fsp3) is 0.611.